The fraction of sp³-hybridized carbons (Fsp3) is 0. The van der Waals surface area contributed by atoms with E-state index in [0.29, 0.717) is 17.5 Å². The molecule has 12 aromatic rings. The molecule has 0 saturated heterocycles. The van der Waals surface area contributed by atoms with Gasteiger partial charge in [-0.3, -0.25) is 0 Å². The van der Waals surface area contributed by atoms with Gasteiger partial charge < -0.3 is 4.57 Å². The molecule has 0 bridgehead atoms. The van der Waals surface area contributed by atoms with Crippen LogP contribution in [0.25, 0.3) is 115 Å². The van der Waals surface area contributed by atoms with Crippen LogP contribution in [0.3, 0.4) is 0 Å². The third-order valence-electron chi connectivity index (χ3n) is 11.9. The van der Waals surface area contributed by atoms with Crippen LogP contribution in [0.5, 0.6) is 0 Å². The van der Waals surface area contributed by atoms with Crippen LogP contribution in [0.2, 0.25) is 0 Å². The summed E-state index contributed by atoms with van der Waals surface area (Å²) in [6.45, 7) is 0. The Hall–Kier alpha value is -7.99. The van der Waals surface area contributed by atoms with E-state index in [4.69, 9.17) is 15.0 Å². The minimum Gasteiger partial charge on any atom is -0.308 e. The van der Waals surface area contributed by atoms with E-state index in [2.05, 4.69) is 187 Å². The maximum atomic E-state index is 5.36. The van der Waals surface area contributed by atoms with E-state index in [1.807, 2.05) is 47.7 Å². The number of thiophene rings is 1. The normalized spacial score (nSPS) is 11.5. The highest BCUT2D eigenvalue weighted by Crippen LogP contribution is 2.44. The van der Waals surface area contributed by atoms with Crippen LogP contribution in [0, 0.1) is 0 Å². The number of benzene rings is 9. The number of rotatable bonds is 7. The van der Waals surface area contributed by atoms with Crippen LogP contribution < -0.4 is 0 Å². The van der Waals surface area contributed by atoms with Gasteiger partial charge in [-0.25, -0.2) is 15.0 Å². The van der Waals surface area contributed by atoms with Gasteiger partial charge in [0.25, 0.3) is 0 Å². The summed E-state index contributed by atoms with van der Waals surface area (Å²) in [6.07, 6.45) is 0. The highest BCUT2D eigenvalue weighted by Gasteiger charge is 2.22. The van der Waals surface area contributed by atoms with Crippen molar-refractivity contribution in [2.45, 2.75) is 0 Å². The summed E-state index contributed by atoms with van der Waals surface area (Å²) in [7, 11) is 0. The van der Waals surface area contributed by atoms with Gasteiger partial charge in [0.2, 0.25) is 0 Å². The minimum absolute atomic E-state index is 0.600. The lowest BCUT2D eigenvalue weighted by Gasteiger charge is -2.18. The van der Waals surface area contributed by atoms with E-state index in [0.717, 1.165) is 61.2 Å². The summed E-state index contributed by atoms with van der Waals surface area (Å²) in [6, 6.07) is 77.6. The second-order valence-electron chi connectivity index (χ2n) is 15.6. The second-order valence-corrected chi connectivity index (χ2v) is 16.7. The molecule has 290 valence electrons. The summed E-state index contributed by atoms with van der Waals surface area (Å²) in [5.41, 5.74) is 12.8. The van der Waals surface area contributed by atoms with E-state index < -0.39 is 0 Å². The molecule has 0 unspecified atom stereocenters. The Morgan fingerprint density at radius 2 is 0.839 bits per heavy atom. The monoisotopic (exact) mass is 808 g/mol. The molecule has 0 aliphatic heterocycles. The van der Waals surface area contributed by atoms with Crippen LogP contribution in [0.4, 0.5) is 0 Å². The molecule has 0 atom stereocenters. The van der Waals surface area contributed by atoms with Crippen molar-refractivity contribution in [3.05, 3.63) is 218 Å². The van der Waals surface area contributed by atoms with Crippen molar-refractivity contribution in [1.82, 2.24) is 19.5 Å². The summed E-state index contributed by atoms with van der Waals surface area (Å²) in [4.78, 5) is 15.8. The smallest absolute Gasteiger partial charge is 0.166 e. The molecule has 12 rings (SSSR count). The molecule has 0 amide bonds. The number of nitrogens with zero attached hydrogens (tertiary/aromatic N) is 4. The quantitative estimate of drug-likeness (QED) is 0.161. The van der Waals surface area contributed by atoms with Gasteiger partial charge in [-0.2, -0.15) is 0 Å². The van der Waals surface area contributed by atoms with E-state index in [1.54, 1.807) is 0 Å². The van der Waals surface area contributed by atoms with Gasteiger partial charge >= 0.3 is 0 Å². The summed E-state index contributed by atoms with van der Waals surface area (Å²) < 4.78 is 4.99. The van der Waals surface area contributed by atoms with Crippen LogP contribution in [-0.4, -0.2) is 19.5 Å². The van der Waals surface area contributed by atoms with Crippen molar-refractivity contribution in [3.63, 3.8) is 0 Å². The van der Waals surface area contributed by atoms with Crippen molar-refractivity contribution in [2.24, 2.45) is 0 Å². The zero-order chi connectivity index (χ0) is 41.0. The van der Waals surface area contributed by atoms with Crippen LogP contribution >= 0.6 is 11.3 Å². The molecule has 3 aromatic heterocycles. The van der Waals surface area contributed by atoms with Crippen LogP contribution in [0.15, 0.2) is 218 Å². The number of para-hydroxylation sites is 1. The lowest BCUT2D eigenvalue weighted by Crippen LogP contribution is -2.04. The molecule has 62 heavy (non-hydrogen) atoms. The topological polar surface area (TPSA) is 43.6 Å². The van der Waals surface area contributed by atoms with E-state index in [-0.39, 0.29) is 0 Å². The van der Waals surface area contributed by atoms with Crippen molar-refractivity contribution in [3.8, 4) is 73.2 Å². The molecule has 3 heterocycles. The lowest BCUT2D eigenvalue weighted by molar-refractivity contribution is 1.06. The standard InChI is InChI=1S/C57H36N4S/c1-5-17-37(18-6-1)41-29-31-43(38-19-7-2-8-20-38)46(33-41)42-30-32-51(49(34-42)57-59-55(39-21-9-3-10-22-39)58-56(60-57)40-23-11-4-12-24-40)61-50-27-15-13-25-44(50)47-36-54-48(35-52(47)61)45-26-14-16-28-53(45)62-54/h1-36H. The summed E-state index contributed by atoms with van der Waals surface area (Å²) in [5, 5.41) is 4.93. The molecule has 4 nitrogen and oxygen atoms in total. The number of hydrogen-bond donors (Lipinski definition) is 0. The van der Waals surface area contributed by atoms with E-state index >= 15 is 0 Å². The van der Waals surface area contributed by atoms with Gasteiger partial charge in [-0.15, -0.1) is 11.3 Å². The van der Waals surface area contributed by atoms with E-state index in [1.165, 1.54) is 36.5 Å². The van der Waals surface area contributed by atoms with Crippen LogP contribution in [-0.2, 0) is 0 Å². The Kier molecular flexibility index (Phi) is 8.65. The van der Waals surface area contributed by atoms with Gasteiger partial charge in [0.05, 0.1) is 16.7 Å². The first-order valence-corrected chi connectivity index (χ1v) is 21.7. The maximum absolute atomic E-state index is 5.36. The Morgan fingerprint density at radius 3 is 1.53 bits per heavy atom. The first kappa shape index (κ1) is 35.9. The maximum Gasteiger partial charge on any atom is 0.166 e. The Bertz CT molecular complexity index is 3560. The largest absolute Gasteiger partial charge is 0.308 e. The van der Waals surface area contributed by atoms with Gasteiger partial charge in [0.15, 0.2) is 17.5 Å². The number of hydrogen-bond acceptors (Lipinski definition) is 4. The Morgan fingerprint density at radius 1 is 0.290 bits per heavy atom. The molecule has 0 aliphatic carbocycles. The molecular weight excluding hydrogens is 773 g/mol. The average molecular weight is 809 g/mol. The molecular formula is C57H36N4S. The fourth-order valence-corrected chi connectivity index (χ4v) is 10.0. The lowest BCUT2D eigenvalue weighted by atomic mass is 9.90. The highest BCUT2D eigenvalue weighted by atomic mass is 32.1. The first-order valence-electron chi connectivity index (χ1n) is 20.8. The summed E-state index contributed by atoms with van der Waals surface area (Å²) >= 11 is 1.85. The Labute approximate surface area is 362 Å². The van der Waals surface area contributed by atoms with Crippen molar-refractivity contribution in [1.29, 1.82) is 0 Å². The van der Waals surface area contributed by atoms with Gasteiger partial charge in [-0.05, 0) is 75.8 Å². The zero-order valence-electron chi connectivity index (χ0n) is 33.5. The molecule has 9 aromatic carbocycles. The summed E-state index contributed by atoms with van der Waals surface area (Å²) in [5.74, 6) is 1.84. The van der Waals surface area contributed by atoms with Gasteiger partial charge in [0, 0.05) is 47.6 Å². The van der Waals surface area contributed by atoms with Crippen molar-refractivity contribution < 1.29 is 0 Å². The minimum atomic E-state index is 0.600. The highest BCUT2D eigenvalue weighted by molar-refractivity contribution is 7.25. The third kappa shape index (κ3) is 6.18. The molecule has 0 radical (unpaired) electrons. The van der Waals surface area contributed by atoms with Crippen molar-refractivity contribution in [2.75, 3.05) is 0 Å². The fourth-order valence-electron chi connectivity index (χ4n) is 8.92. The van der Waals surface area contributed by atoms with E-state index in [9.17, 15) is 0 Å². The molecule has 5 heteroatoms. The zero-order valence-corrected chi connectivity index (χ0v) is 34.3. The number of fused-ring (bicyclic) bond motifs is 6. The number of aromatic nitrogens is 4. The SMILES string of the molecule is c1ccc(-c2ccc(-c3ccccc3)c(-c3ccc(-n4c5ccccc5c5cc6sc7ccccc7c6cc54)c(-c4nc(-c5ccccc5)nc(-c5ccccc5)n4)c3)c2)cc1. The molecule has 0 fully saturated rings. The third-order valence-corrected chi connectivity index (χ3v) is 13.0. The second kappa shape index (κ2) is 14.9. The Balaban J connectivity index is 1.18. The average Bonchev–Trinajstić information content (AvgIpc) is 3.88. The van der Waals surface area contributed by atoms with Crippen LogP contribution in [0.1, 0.15) is 0 Å². The molecule has 0 aliphatic rings. The molecule has 0 saturated carbocycles. The molecule has 0 spiro atoms. The first-order chi connectivity index (χ1) is 30.7. The van der Waals surface area contributed by atoms with Gasteiger partial charge in [-0.1, -0.05) is 176 Å². The predicted octanol–water partition coefficient (Wildman–Crippen LogP) is 15.3. The predicted molar refractivity (Wildman–Crippen MR) is 260 cm³/mol. The van der Waals surface area contributed by atoms with Crippen molar-refractivity contribution >= 4 is 53.3 Å². The molecule has 0 N–H and O–H groups in total. The van der Waals surface area contributed by atoms with Gasteiger partial charge in [0.1, 0.15) is 0 Å².